The summed E-state index contributed by atoms with van der Waals surface area (Å²) < 4.78 is 9.43. The van der Waals surface area contributed by atoms with Crippen molar-refractivity contribution in [1.82, 2.24) is 4.98 Å². The van der Waals surface area contributed by atoms with Crippen LogP contribution in [0.2, 0.25) is 0 Å². The highest BCUT2D eigenvalue weighted by Crippen LogP contribution is 2.23. The number of aromatic nitrogens is 1. The molecule has 1 rings (SSSR count). The van der Waals surface area contributed by atoms with E-state index in [1.54, 1.807) is 13.8 Å². The highest BCUT2D eigenvalue weighted by Gasteiger charge is 2.16. The second-order valence-electron chi connectivity index (χ2n) is 3.41. The van der Waals surface area contributed by atoms with Gasteiger partial charge >= 0.3 is 11.9 Å². The zero-order valence-electron chi connectivity index (χ0n) is 10.6. The van der Waals surface area contributed by atoms with E-state index in [0.29, 0.717) is 28.9 Å². The van der Waals surface area contributed by atoms with E-state index in [1.165, 1.54) is 18.4 Å². The van der Waals surface area contributed by atoms with Crippen LogP contribution in [0.15, 0.2) is 0 Å². The zero-order chi connectivity index (χ0) is 13.5. The van der Waals surface area contributed by atoms with Gasteiger partial charge in [-0.1, -0.05) is 11.3 Å². The molecule has 0 aliphatic carbocycles. The number of rotatable bonds is 6. The van der Waals surface area contributed by atoms with E-state index in [1.807, 2.05) is 0 Å². The van der Waals surface area contributed by atoms with Gasteiger partial charge in [-0.15, -0.1) is 0 Å². The second kappa shape index (κ2) is 6.95. The molecule has 0 saturated carbocycles. The number of carbonyl (C=O) groups is 2. The smallest absolute Gasteiger partial charge is 0.350 e. The molecule has 0 bridgehead atoms. The van der Waals surface area contributed by atoms with Crippen LogP contribution < -0.4 is 5.32 Å². The summed E-state index contributed by atoms with van der Waals surface area (Å²) in [5, 5.41) is 3.56. The Balaban J connectivity index is 2.56. The summed E-state index contributed by atoms with van der Waals surface area (Å²) in [4.78, 5) is 27.1. The van der Waals surface area contributed by atoms with Crippen molar-refractivity contribution in [1.29, 1.82) is 0 Å². The number of methoxy groups -OCH3 is 1. The number of anilines is 1. The lowest BCUT2D eigenvalue weighted by molar-refractivity contribution is -0.140. The molecule has 100 valence electrons. The van der Waals surface area contributed by atoms with Crippen molar-refractivity contribution in [2.75, 3.05) is 25.6 Å². The molecule has 1 N–H and O–H groups in total. The van der Waals surface area contributed by atoms with Gasteiger partial charge in [-0.2, -0.15) is 0 Å². The van der Waals surface area contributed by atoms with E-state index in [-0.39, 0.29) is 18.4 Å². The Morgan fingerprint density at radius 3 is 2.78 bits per heavy atom. The standard InChI is InChI=1S/C11H16N2O4S/c1-4-17-10(15)9-7(2)13-11(18-9)12-6-5-8(14)16-3/h4-6H2,1-3H3,(H,12,13). The van der Waals surface area contributed by atoms with Crippen LogP contribution in [0.25, 0.3) is 0 Å². The zero-order valence-corrected chi connectivity index (χ0v) is 11.4. The molecule has 1 aromatic rings. The van der Waals surface area contributed by atoms with Crippen LogP contribution in [0, 0.1) is 6.92 Å². The Morgan fingerprint density at radius 2 is 2.17 bits per heavy atom. The van der Waals surface area contributed by atoms with Crippen molar-refractivity contribution in [2.24, 2.45) is 0 Å². The number of thiazole rings is 1. The van der Waals surface area contributed by atoms with E-state index in [2.05, 4.69) is 15.0 Å². The minimum atomic E-state index is -0.367. The van der Waals surface area contributed by atoms with Crippen molar-refractivity contribution in [3.8, 4) is 0 Å². The fourth-order valence-corrected chi connectivity index (χ4v) is 2.12. The van der Waals surface area contributed by atoms with Gasteiger partial charge in [-0.25, -0.2) is 9.78 Å². The maximum atomic E-state index is 11.6. The van der Waals surface area contributed by atoms with Crippen LogP contribution in [0.4, 0.5) is 5.13 Å². The van der Waals surface area contributed by atoms with Crippen molar-refractivity contribution < 1.29 is 19.1 Å². The molecular formula is C11H16N2O4S. The molecule has 0 fully saturated rings. The SMILES string of the molecule is CCOC(=O)c1sc(NCCC(=O)OC)nc1C. The monoisotopic (exact) mass is 272 g/mol. The first-order chi connectivity index (χ1) is 8.58. The van der Waals surface area contributed by atoms with Crippen molar-refractivity contribution in [3.05, 3.63) is 10.6 Å². The highest BCUT2D eigenvalue weighted by atomic mass is 32.1. The van der Waals surface area contributed by atoms with Crippen LogP contribution in [0.1, 0.15) is 28.7 Å². The molecular weight excluding hydrogens is 256 g/mol. The number of nitrogens with one attached hydrogen (secondary N) is 1. The maximum absolute atomic E-state index is 11.6. The molecule has 1 heterocycles. The summed E-state index contributed by atoms with van der Waals surface area (Å²) in [6, 6.07) is 0. The minimum Gasteiger partial charge on any atom is -0.469 e. The summed E-state index contributed by atoms with van der Waals surface area (Å²) >= 11 is 1.22. The molecule has 18 heavy (non-hydrogen) atoms. The van der Waals surface area contributed by atoms with E-state index >= 15 is 0 Å². The van der Waals surface area contributed by atoms with Gasteiger partial charge in [0.1, 0.15) is 4.88 Å². The molecule has 0 aliphatic rings. The van der Waals surface area contributed by atoms with Crippen LogP contribution in [-0.4, -0.2) is 37.2 Å². The lowest BCUT2D eigenvalue weighted by atomic mass is 10.4. The number of carbonyl (C=O) groups excluding carboxylic acids is 2. The van der Waals surface area contributed by atoms with Crippen molar-refractivity contribution in [2.45, 2.75) is 20.3 Å². The topological polar surface area (TPSA) is 77.5 Å². The molecule has 0 spiro atoms. The molecule has 0 atom stereocenters. The predicted molar refractivity (Wildman–Crippen MR) is 67.9 cm³/mol. The molecule has 6 nitrogen and oxygen atoms in total. The van der Waals surface area contributed by atoms with E-state index < -0.39 is 0 Å². The molecule has 0 unspecified atom stereocenters. The first kappa shape index (κ1) is 14.4. The van der Waals surface area contributed by atoms with Gasteiger partial charge in [-0.05, 0) is 13.8 Å². The third-order valence-electron chi connectivity index (χ3n) is 2.09. The molecule has 1 aromatic heterocycles. The molecule has 0 radical (unpaired) electrons. The molecule has 0 amide bonds. The summed E-state index contributed by atoms with van der Waals surface area (Å²) in [7, 11) is 1.34. The van der Waals surface area contributed by atoms with Gasteiger partial charge in [0, 0.05) is 6.54 Å². The van der Waals surface area contributed by atoms with E-state index in [9.17, 15) is 9.59 Å². The van der Waals surface area contributed by atoms with Crippen LogP contribution in [0.5, 0.6) is 0 Å². The largest absolute Gasteiger partial charge is 0.469 e. The summed E-state index contributed by atoms with van der Waals surface area (Å²) in [5.41, 5.74) is 0.624. The maximum Gasteiger partial charge on any atom is 0.350 e. The average molecular weight is 272 g/mol. The Hall–Kier alpha value is -1.63. The van der Waals surface area contributed by atoms with Gasteiger partial charge < -0.3 is 14.8 Å². The summed E-state index contributed by atoms with van der Waals surface area (Å²) in [6.45, 7) is 4.25. The Kier molecular flexibility index (Phi) is 5.57. The Bertz CT molecular complexity index is 431. The number of hydrogen-bond donors (Lipinski definition) is 1. The lowest BCUT2D eigenvalue weighted by Gasteiger charge is -2.00. The van der Waals surface area contributed by atoms with Crippen LogP contribution >= 0.6 is 11.3 Å². The average Bonchev–Trinajstić information content (AvgIpc) is 2.70. The summed E-state index contributed by atoms with van der Waals surface area (Å²) in [6.07, 6.45) is 0.254. The lowest BCUT2D eigenvalue weighted by Crippen LogP contribution is -2.09. The quantitative estimate of drug-likeness (QED) is 0.793. The minimum absolute atomic E-state index is 0.254. The fraction of sp³-hybridized carbons (Fsp3) is 0.545. The van der Waals surface area contributed by atoms with E-state index in [4.69, 9.17) is 4.74 Å². The molecule has 7 heteroatoms. The number of ether oxygens (including phenoxy) is 2. The van der Waals surface area contributed by atoms with E-state index in [0.717, 1.165) is 0 Å². The molecule has 0 saturated heterocycles. The first-order valence-electron chi connectivity index (χ1n) is 5.53. The van der Waals surface area contributed by atoms with Gasteiger partial charge in [-0.3, -0.25) is 4.79 Å². The fourth-order valence-electron chi connectivity index (χ4n) is 1.23. The van der Waals surface area contributed by atoms with Gasteiger partial charge in [0.15, 0.2) is 5.13 Å². The van der Waals surface area contributed by atoms with Crippen molar-refractivity contribution >= 4 is 28.4 Å². The first-order valence-corrected chi connectivity index (χ1v) is 6.35. The number of esters is 2. The molecule has 0 aliphatic heterocycles. The predicted octanol–water partition coefficient (Wildman–Crippen LogP) is 1.60. The third kappa shape index (κ3) is 3.99. The van der Waals surface area contributed by atoms with Crippen LogP contribution in [-0.2, 0) is 14.3 Å². The Morgan fingerprint density at radius 1 is 1.44 bits per heavy atom. The number of nitrogens with zero attached hydrogens (tertiary/aromatic N) is 1. The number of hydrogen-bond acceptors (Lipinski definition) is 7. The van der Waals surface area contributed by atoms with Gasteiger partial charge in [0.25, 0.3) is 0 Å². The number of aryl methyl sites for hydroxylation is 1. The third-order valence-corrected chi connectivity index (χ3v) is 3.19. The normalized spacial score (nSPS) is 9.94. The van der Waals surface area contributed by atoms with Gasteiger partial charge in [0.05, 0.1) is 25.8 Å². The molecule has 0 aromatic carbocycles. The summed E-state index contributed by atoms with van der Waals surface area (Å²) in [5.74, 6) is -0.657. The van der Waals surface area contributed by atoms with Gasteiger partial charge in [0.2, 0.25) is 0 Å². The second-order valence-corrected chi connectivity index (χ2v) is 4.41. The van der Waals surface area contributed by atoms with Crippen molar-refractivity contribution in [3.63, 3.8) is 0 Å². The van der Waals surface area contributed by atoms with Crippen LogP contribution in [0.3, 0.4) is 0 Å². The highest BCUT2D eigenvalue weighted by molar-refractivity contribution is 7.17. The Labute approximate surface area is 109 Å².